The fraction of sp³-hybridized carbons (Fsp3) is 0.423. The van der Waals surface area contributed by atoms with Crippen molar-refractivity contribution in [1.29, 1.82) is 0 Å². The lowest BCUT2D eigenvalue weighted by molar-refractivity contribution is -0.189. The lowest BCUT2D eigenvalue weighted by atomic mass is 9.98. The monoisotopic (exact) mass is 482 g/mol. The molecule has 2 aromatic carbocycles. The number of carbonyl (C=O) groups is 3. The molecule has 0 radical (unpaired) electrons. The summed E-state index contributed by atoms with van der Waals surface area (Å²) < 4.78 is 15.9. The number of alkyl carbamates (subject to hydrolysis) is 1. The minimum atomic E-state index is -1.55. The first-order chi connectivity index (χ1) is 16.9. The summed E-state index contributed by atoms with van der Waals surface area (Å²) in [5.41, 5.74) is 3.06. The number of nitrogens with one attached hydrogen (secondary N) is 1. The Morgan fingerprint density at radius 1 is 1.11 bits per heavy atom. The molecule has 1 aliphatic heterocycles. The average molecular weight is 483 g/mol. The minimum absolute atomic E-state index is 0.0161. The van der Waals surface area contributed by atoms with Crippen molar-refractivity contribution in [3.05, 3.63) is 59.7 Å². The number of morpholine rings is 1. The molecule has 0 saturated carbocycles. The van der Waals surface area contributed by atoms with Gasteiger partial charge in [0.15, 0.2) is 0 Å². The van der Waals surface area contributed by atoms with Gasteiger partial charge in [0, 0.05) is 32.5 Å². The Labute approximate surface area is 204 Å². The van der Waals surface area contributed by atoms with E-state index in [0.717, 1.165) is 22.3 Å². The van der Waals surface area contributed by atoms with Gasteiger partial charge in [-0.15, -0.1) is 0 Å². The van der Waals surface area contributed by atoms with E-state index in [1.807, 2.05) is 24.3 Å². The smallest absolute Gasteiger partial charge is 0.407 e. The van der Waals surface area contributed by atoms with Gasteiger partial charge in [-0.25, -0.2) is 9.59 Å². The van der Waals surface area contributed by atoms with Gasteiger partial charge >= 0.3 is 12.1 Å². The highest BCUT2D eigenvalue weighted by Gasteiger charge is 2.45. The van der Waals surface area contributed by atoms with E-state index in [2.05, 4.69) is 29.6 Å². The van der Waals surface area contributed by atoms with Crippen molar-refractivity contribution in [3.63, 3.8) is 0 Å². The summed E-state index contributed by atoms with van der Waals surface area (Å²) in [7, 11) is 1.39. The van der Waals surface area contributed by atoms with Crippen LogP contribution < -0.4 is 5.32 Å². The normalized spacial score (nSPS) is 19.1. The van der Waals surface area contributed by atoms with E-state index in [1.165, 1.54) is 12.0 Å². The predicted octanol–water partition coefficient (Wildman–Crippen LogP) is 2.63. The fourth-order valence-corrected chi connectivity index (χ4v) is 4.75. The van der Waals surface area contributed by atoms with Gasteiger partial charge in [-0.3, -0.25) is 4.79 Å². The largest absolute Gasteiger partial charge is 0.479 e. The molecule has 1 heterocycles. The number of carbonyl (C=O) groups excluding carboxylic acids is 2. The fourth-order valence-electron chi connectivity index (χ4n) is 4.75. The number of carboxylic acid groups (broad SMARTS) is 1. The van der Waals surface area contributed by atoms with Crippen molar-refractivity contribution in [2.24, 2.45) is 0 Å². The summed E-state index contributed by atoms with van der Waals surface area (Å²) in [5, 5.41) is 12.2. The first-order valence-corrected chi connectivity index (χ1v) is 11.7. The quantitative estimate of drug-likeness (QED) is 0.528. The first kappa shape index (κ1) is 24.7. The third-order valence-corrected chi connectivity index (χ3v) is 6.49. The maximum absolute atomic E-state index is 12.6. The number of nitrogens with zero attached hydrogens (tertiary/aromatic N) is 1. The molecule has 1 atom stereocenters. The van der Waals surface area contributed by atoms with Crippen LogP contribution >= 0.6 is 0 Å². The highest BCUT2D eigenvalue weighted by Crippen LogP contribution is 2.44. The summed E-state index contributed by atoms with van der Waals surface area (Å²) in [6.07, 6.45) is 0.0486. The van der Waals surface area contributed by atoms with E-state index in [1.54, 1.807) is 0 Å². The topological polar surface area (TPSA) is 114 Å². The molecule has 0 bridgehead atoms. The number of aliphatic carboxylic acids is 1. The number of hydrogen-bond donors (Lipinski definition) is 2. The number of rotatable bonds is 9. The SMILES string of the molecule is COCC1(C(=O)O)CN(C(=O)CCCNC(=O)OCC2c3ccccc3-c3ccccc32)CCO1. The molecular weight excluding hydrogens is 452 g/mol. The number of hydrogen-bond acceptors (Lipinski definition) is 6. The van der Waals surface area contributed by atoms with E-state index in [0.29, 0.717) is 13.0 Å². The first-order valence-electron chi connectivity index (χ1n) is 11.7. The van der Waals surface area contributed by atoms with Crippen LogP contribution in [-0.4, -0.2) is 80.1 Å². The maximum Gasteiger partial charge on any atom is 0.407 e. The summed E-state index contributed by atoms with van der Waals surface area (Å²) in [4.78, 5) is 38.0. The highest BCUT2D eigenvalue weighted by atomic mass is 16.6. The molecule has 186 valence electrons. The molecule has 2 N–H and O–H groups in total. The third-order valence-electron chi connectivity index (χ3n) is 6.49. The molecule has 4 rings (SSSR count). The summed E-state index contributed by atoms with van der Waals surface area (Å²) in [6.45, 7) is 0.722. The molecular formula is C26H30N2O7. The second-order valence-corrected chi connectivity index (χ2v) is 8.75. The zero-order valence-electron chi connectivity index (χ0n) is 19.7. The summed E-state index contributed by atoms with van der Waals surface area (Å²) in [5.74, 6) is -1.37. The lowest BCUT2D eigenvalue weighted by Gasteiger charge is -2.39. The molecule has 35 heavy (non-hydrogen) atoms. The number of benzene rings is 2. The van der Waals surface area contributed by atoms with E-state index in [4.69, 9.17) is 14.2 Å². The van der Waals surface area contributed by atoms with Gasteiger partial charge in [0.25, 0.3) is 0 Å². The van der Waals surface area contributed by atoms with Gasteiger partial charge in [-0.2, -0.15) is 0 Å². The molecule has 9 heteroatoms. The Morgan fingerprint density at radius 3 is 2.40 bits per heavy atom. The molecule has 1 aliphatic carbocycles. The molecule has 0 spiro atoms. The van der Waals surface area contributed by atoms with Gasteiger partial charge in [-0.1, -0.05) is 48.5 Å². The Balaban J connectivity index is 1.22. The average Bonchev–Trinajstić information content (AvgIpc) is 3.19. The summed E-state index contributed by atoms with van der Waals surface area (Å²) >= 11 is 0. The van der Waals surface area contributed by atoms with E-state index < -0.39 is 17.7 Å². The number of amides is 2. The highest BCUT2D eigenvalue weighted by molar-refractivity contribution is 5.82. The van der Waals surface area contributed by atoms with Crippen molar-refractivity contribution < 1.29 is 33.7 Å². The number of carboxylic acids is 1. The predicted molar refractivity (Wildman–Crippen MR) is 127 cm³/mol. The van der Waals surface area contributed by atoms with Gasteiger partial charge in [0.05, 0.1) is 19.8 Å². The molecule has 9 nitrogen and oxygen atoms in total. The van der Waals surface area contributed by atoms with Crippen LogP contribution in [0.5, 0.6) is 0 Å². The van der Waals surface area contributed by atoms with E-state index in [-0.39, 0.29) is 51.2 Å². The standard InChI is InChI=1S/C26H30N2O7/c1-33-17-26(24(30)31)16-28(13-14-35-26)23(29)11-6-12-27-25(32)34-15-22-20-9-4-2-7-18(20)19-8-3-5-10-21(19)22/h2-5,7-10,22H,6,11-17H2,1H3,(H,27,32)(H,30,31). The van der Waals surface area contributed by atoms with Crippen LogP contribution in [0.1, 0.15) is 29.9 Å². The molecule has 1 unspecified atom stereocenters. The van der Waals surface area contributed by atoms with Crippen LogP contribution in [0.3, 0.4) is 0 Å². The van der Waals surface area contributed by atoms with Crippen LogP contribution in [0.2, 0.25) is 0 Å². The van der Waals surface area contributed by atoms with Crippen LogP contribution in [0.25, 0.3) is 11.1 Å². The summed E-state index contributed by atoms with van der Waals surface area (Å²) in [6, 6.07) is 16.3. The third kappa shape index (κ3) is 5.31. The van der Waals surface area contributed by atoms with Gasteiger partial charge < -0.3 is 29.5 Å². The number of methoxy groups -OCH3 is 1. The van der Waals surface area contributed by atoms with Crippen molar-refractivity contribution in [2.45, 2.75) is 24.4 Å². The van der Waals surface area contributed by atoms with Crippen molar-refractivity contribution in [1.82, 2.24) is 10.2 Å². The van der Waals surface area contributed by atoms with Crippen molar-refractivity contribution in [3.8, 4) is 11.1 Å². The zero-order chi connectivity index (χ0) is 24.8. The van der Waals surface area contributed by atoms with Crippen LogP contribution in [-0.2, 0) is 23.8 Å². The van der Waals surface area contributed by atoms with Crippen molar-refractivity contribution in [2.75, 3.05) is 46.6 Å². The molecule has 0 aromatic heterocycles. The zero-order valence-corrected chi connectivity index (χ0v) is 19.7. The van der Waals surface area contributed by atoms with Gasteiger partial charge in [0.2, 0.25) is 11.5 Å². The maximum atomic E-state index is 12.6. The van der Waals surface area contributed by atoms with Crippen LogP contribution in [0.15, 0.2) is 48.5 Å². The van der Waals surface area contributed by atoms with Crippen molar-refractivity contribution >= 4 is 18.0 Å². The van der Waals surface area contributed by atoms with Crippen LogP contribution in [0.4, 0.5) is 4.79 Å². The molecule has 2 aliphatic rings. The Bertz CT molecular complexity index is 1040. The second kappa shape index (κ2) is 10.9. The van der Waals surface area contributed by atoms with Gasteiger partial charge in [-0.05, 0) is 28.7 Å². The number of fused-ring (bicyclic) bond motifs is 3. The van der Waals surface area contributed by atoms with Gasteiger partial charge in [0.1, 0.15) is 6.61 Å². The Hall–Kier alpha value is -3.43. The molecule has 2 aromatic rings. The van der Waals surface area contributed by atoms with E-state index >= 15 is 0 Å². The Kier molecular flexibility index (Phi) is 7.67. The van der Waals surface area contributed by atoms with Crippen LogP contribution in [0, 0.1) is 0 Å². The molecule has 2 amide bonds. The van der Waals surface area contributed by atoms with E-state index in [9.17, 15) is 19.5 Å². The Morgan fingerprint density at radius 2 is 1.77 bits per heavy atom. The number of ether oxygens (including phenoxy) is 3. The second-order valence-electron chi connectivity index (χ2n) is 8.75. The minimum Gasteiger partial charge on any atom is -0.479 e. The lowest BCUT2D eigenvalue weighted by Crippen LogP contribution is -2.60. The molecule has 1 fully saturated rings. The molecule has 1 saturated heterocycles.